The van der Waals surface area contributed by atoms with Crippen LogP contribution in [0.3, 0.4) is 0 Å². The number of halogens is 1. The van der Waals surface area contributed by atoms with E-state index < -0.39 is 0 Å². The number of thiazole rings is 1. The second kappa shape index (κ2) is 14.5. The third kappa shape index (κ3) is 9.54. The highest BCUT2D eigenvalue weighted by atomic mass is 127. The lowest BCUT2D eigenvalue weighted by atomic mass is 10.1. The summed E-state index contributed by atoms with van der Waals surface area (Å²) in [6, 6.07) is 0. The van der Waals surface area contributed by atoms with Gasteiger partial charge in [-0.25, -0.2) is 4.98 Å². The Morgan fingerprint density at radius 2 is 2.07 bits per heavy atom. The maximum atomic E-state index is 5.93. The number of unbranched alkanes of at least 4 members (excludes halogenated alkanes) is 1. The van der Waals surface area contributed by atoms with Crippen LogP contribution in [0.1, 0.15) is 42.8 Å². The van der Waals surface area contributed by atoms with E-state index in [1.807, 2.05) is 7.05 Å². The lowest BCUT2D eigenvalue weighted by Crippen LogP contribution is -2.47. The van der Waals surface area contributed by atoms with E-state index in [0.29, 0.717) is 6.10 Å². The Kier molecular flexibility index (Phi) is 13.2. The Labute approximate surface area is 185 Å². The van der Waals surface area contributed by atoms with Gasteiger partial charge in [-0.1, -0.05) is 0 Å². The molecular weight excluding hydrogens is 475 g/mol. The zero-order chi connectivity index (χ0) is 18.6. The number of ether oxygens (including phenoxy) is 2. The van der Waals surface area contributed by atoms with Crippen molar-refractivity contribution in [3.8, 4) is 0 Å². The molecular formula is C19H35IN4O2S. The summed E-state index contributed by atoms with van der Waals surface area (Å²) < 4.78 is 11.0. The Balaban J connectivity index is 0.00000364. The molecule has 1 aromatic heterocycles. The summed E-state index contributed by atoms with van der Waals surface area (Å²) in [5, 5.41) is 6.88. The third-order valence-electron chi connectivity index (χ3n) is 4.57. The second-order valence-electron chi connectivity index (χ2n) is 6.72. The monoisotopic (exact) mass is 510 g/mol. The van der Waals surface area contributed by atoms with Crippen molar-refractivity contribution in [2.24, 2.45) is 4.99 Å². The van der Waals surface area contributed by atoms with Gasteiger partial charge in [0.2, 0.25) is 0 Å². The molecule has 156 valence electrons. The minimum absolute atomic E-state index is 0. The van der Waals surface area contributed by atoms with Crippen molar-refractivity contribution < 1.29 is 9.47 Å². The maximum Gasteiger partial charge on any atom is 0.193 e. The molecule has 0 radical (unpaired) electrons. The van der Waals surface area contributed by atoms with Gasteiger partial charge in [0.05, 0.1) is 11.1 Å². The van der Waals surface area contributed by atoms with E-state index in [2.05, 4.69) is 32.5 Å². The van der Waals surface area contributed by atoms with E-state index in [0.717, 1.165) is 83.0 Å². The Morgan fingerprint density at radius 1 is 1.30 bits per heavy atom. The van der Waals surface area contributed by atoms with E-state index in [4.69, 9.17) is 9.47 Å². The van der Waals surface area contributed by atoms with Crippen molar-refractivity contribution in [2.75, 3.05) is 47.0 Å². The summed E-state index contributed by atoms with van der Waals surface area (Å²) in [6.07, 6.45) is 6.85. The summed E-state index contributed by atoms with van der Waals surface area (Å²) in [5.74, 6) is 1.02. The standard InChI is InChI=1S/C19H34N4O2S.HI/c1-16-15-26-18(22-16)7-4-5-10-21-19(20-2)23-11-8-17(9-12-23)25-14-6-13-24-3;/h15,17H,4-14H2,1-3H3,(H,20,21);1H. The minimum atomic E-state index is 0. The number of guanidine groups is 1. The van der Waals surface area contributed by atoms with E-state index in [1.54, 1.807) is 18.4 Å². The van der Waals surface area contributed by atoms with Gasteiger partial charge in [-0.15, -0.1) is 35.3 Å². The molecule has 0 aliphatic carbocycles. The molecule has 1 aliphatic rings. The number of rotatable bonds is 10. The lowest BCUT2D eigenvalue weighted by Gasteiger charge is -2.34. The average molecular weight is 510 g/mol. The van der Waals surface area contributed by atoms with Crippen LogP contribution in [-0.4, -0.2) is 69.0 Å². The van der Waals surface area contributed by atoms with Crippen LogP contribution in [0.25, 0.3) is 0 Å². The lowest BCUT2D eigenvalue weighted by molar-refractivity contribution is 0.00991. The van der Waals surface area contributed by atoms with Crippen molar-refractivity contribution in [3.05, 3.63) is 16.1 Å². The van der Waals surface area contributed by atoms with Crippen LogP contribution in [-0.2, 0) is 15.9 Å². The van der Waals surface area contributed by atoms with Gasteiger partial charge in [-0.05, 0) is 45.4 Å². The van der Waals surface area contributed by atoms with Crippen LogP contribution in [0, 0.1) is 6.92 Å². The number of hydrogen-bond donors (Lipinski definition) is 1. The molecule has 0 amide bonds. The summed E-state index contributed by atoms with van der Waals surface area (Å²) >= 11 is 1.77. The normalized spacial score (nSPS) is 15.7. The fourth-order valence-electron chi connectivity index (χ4n) is 3.14. The molecule has 1 aliphatic heterocycles. The van der Waals surface area contributed by atoms with Crippen molar-refractivity contribution in [1.29, 1.82) is 0 Å². The van der Waals surface area contributed by atoms with E-state index in [1.165, 1.54) is 5.01 Å². The first-order chi connectivity index (χ1) is 12.7. The zero-order valence-corrected chi connectivity index (χ0v) is 20.1. The zero-order valence-electron chi connectivity index (χ0n) is 16.9. The number of piperidine rings is 1. The van der Waals surface area contributed by atoms with Gasteiger partial charge >= 0.3 is 0 Å². The molecule has 1 aromatic rings. The Morgan fingerprint density at radius 3 is 2.70 bits per heavy atom. The maximum absolute atomic E-state index is 5.93. The van der Waals surface area contributed by atoms with E-state index >= 15 is 0 Å². The molecule has 0 bridgehead atoms. The number of aryl methyl sites for hydroxylation is 2. The molecule has 2 rings (SSSR count). The van der Waals surface area contributed by atoms with E-state index in [9.17, 15) is 0 Å². The van der Waals surface area contributed by atoms with Gasteiger partial charge in [0.1, 0.15) is 0 Å². The fourth-order valence-corrected chi connectivity index (χ4v) is 3.96. The van der Waals surface area contributed by atoms with Crippen molar-refractivity contribution in [1.82, 2.24) is 15.2 Å². The topological polar surface area (TPSA) is 59.0 Å². The van der Waals surface area contributed by atoms with Gasteiger partial charge in [-0.2, -0.15) is 0 Å². The third-order valence-corrected chi connectivity index (χ3v) is 5.59. The quantitative estimate of drug-likeness (QED) is 0.226. The SMILES string of the molecule is CN=C(NCCCCc1nc(C)cs1)N1CCC(OCCCOC)CC1.I. The molecule has 1 saturated heterocycles. The predicted molar refractivity (Wildman–Crippen MR) is 124 cm³/mol. The minimum Gasteiger partial charge on any atom is -0.385 e. The average Bonchev–Trinajstić information content (AvgIpc) is 3.08. The van der Waals surface area contributed by atoms with Gasteiger partial charge in [0.15, 0.2) is 5.96 Å². The number of likely N-dealkylation sites (tertiary alicyclic amines) is 1. The molecule has 27 heavy (non-hydrogen) atoms. The summed E-state index contributed by atoms with van der Waals surface area (Å²) in [5.41, 5.74) is 1.13. The predicted octanol–water partition coefficient (Wildman–Crippen LogP) is 3.49. The molecule has 1 N–H and O–H groups in total. The molecule has 0 spiro atoms. The summed E-state index contributed by atoms with van der Waals surface area (Å²) in [6.45, 7) is 6.60. The molecule has 0 aromatic carbocycles. The first-order valence-electron chi connectivity index (χ1n) is 9.70. The number of methoxy groups -OCH3 is 1. The Hall–Kier alpha value is -0.450. The van der Waals surface area contributed by atoms with Crippen LogP contribution in [0.15, 0.2) is 10.4 Å². The molecule has 0 saturated carbocycles. The van der Waals surface area contributed by atoms with Gasteiger partial charge in [0, 0.05) is 58.1 Å². The van der Waals surface area contributed by atoms with Crippen LogP contribution in [0.5, 0.6) is 0 Å². The summed E-state index contributed by atoms with van der Waals surface area (Å²) in [7, 11) is 3.60. The number of aromatic nitrogens is 1. The fraction of sp³-hybridized carbons (Fsp3) is 0.789. The summed E-state index contributed by atoms with van der Waals surface area (Å²) in [4.78, 5) is 11.3. The molecule has 8 heteroatoms. The highest BCUT2D eigenvalue weighted by Crippen LogP contribution is 2.14. The van der Waals surface area contributed by atoms with Gasteiger partial charge < -0.3 is 19.7 Å². The Bertz CT molecular complexity index is 534. The number of hydrogen-bond acceptors (Lipinski definition) is 5. The first kappa shape index (κ1) is 24.6. The molecule has 6 nitrogen and oxygen atoms in total. The smallest absolute Gasteiger partial charge is 0.193 e. The number of aliphatic imine (C=N–C) groups is 1. The van der Waals surface area contributed by atoms with Crippen LogP contribution in [0.2, 0.25) is 0 Å². The van der Waals surface area contributed by atoms with Crippen molar-refractivity contribution >= 4 is 41.3 Å². The highest BCUT2D eigenvalue weighted by molar-refractivity contribution is 14.0. The number of nitrogens with one attached hydrogen (secondary N) is 1. The molecule has 0 unspecified atom stereocenters. The second-order valence-corrected chi connectivity index (χ2v) is 7.66. The molecule has 2 heterocycles. The highest BCUT2D eigenvalue weighted by Gasteiger charge is 2.21. The van der Waals surface area contributed by atoms with Crippen molar-refractivity contribution in [3.63, 3.8) is 0 Å². The molecule has 1 fully saturated rings. The van der Waals surface area contributed by atoms with E-state index in [-0.39, 0.29) is 24.0 Å². The van der Waals surface area contributed by atoms with Crippen LogP contribution in [0.4, 0.5) is 0 Å². The van der Waals surface area contributed by atoms with Crippen LogP contribution < -0.4 is 5.32 Å². The largest absolute Gasteiger partial charge is 0.385 e. The number of nitrogens with zero attached hydrogens (tertiary/aromatic N) is 3. The first-order valence-corrected chi connectivity index (χ1v) is 10.6. The molecule has 0 atom stereocenters. The van der Waals surface area contributed by atoms with Gasteiger partial charge in [0.25, 0.3) is 0 Å². The van der Waals surface area contributed by atoms with Crippen molar-refractivity contribution in [2.45, 2.75) is 51.6 Å². The van der Waals surface area contributed by atoms with Crippen LogP contribution >= 0.6 is 35.3 Å². The van der Waals surface area contributed by atoms with Gasteiger partial charge in [-0.3, -0.25) is 4.99 Å².